The first-order valence-electron chi connectivity index (χ1n) is 8.67. The Morgan fingerprint density at radius 3 is 2.28 bits per heavy atom. The highest BCUT2D eigenvalue weighted by Crippen LogP contribution is 2.40. The minimum absolute atomic E-state index is 0.00973. The number of ether oxygens (including phenoxy) is 1. The molecule has 0 aliphatic carbocycles. The van der Waals surface area contributed by atoms with E-state index in [2.05, 4.69) is 0 Å². The van der Waals surface area contributed by atoms with Gasteiger partial charge in [-0.05, 0) is 32.1 Å². The average molecular weight is 382 g/mol. The second-order valence-corrected chi connectivity index (χ2v) is 6.37. The van der Waals surface area contributed by atoms with Crippen LogP contribution in [0.4, 0.5) is 5.69 Å². The lowest BCUT2D eigenvalue weighted by molar-refractivity contribution is -0.106. The molecule has 142 valence electrons. The molecule has 0 N–H and O–H groups in total. The summed E-state index contributed by atoms with van der Waals surface area (Å²) in [6.45, 7) is 3.52. The van der Waals surface area contributed by atoms with E-state index >= 15 is 0 Å². The van der Waals surface area contributed by atoms with Gasteiger partial charge in [-0.3, -0.25) is 9.69 Å². The predicted octanol–water partition coefficient (Wildman–Crippen LogP) is 4.21. The molecular formula is C23H18N4O2. The topological polar surface area (TPSA) is 101 Å². The summed E-state index contributed by atoms with van der Waals surface area (Å²) < 4.78 is 5.69. The fourth-order valence-electron chi connectivity index (χ4n) is 2.69. The summed E-state index contributed by atoms with van der Waals surface area (Å²) in [6, 6.07) is 14.7. The van der Waals surface area contributed by atoms with E-state index in [1.807, 2.05) is 36.4 Å². The summed E-state index contributed by atoms with van der Waals surface area (Å²) in [5.41, 5.74) is 0.420. The van der Waals surface area contributed by atoms with Gasteiger partial charge in [-0.1, -0.05) is 42.5 Å². The minimum atomic E-state index is -0.846. The average Bonchev–Trinajstić information content (AvgIpc) is 2.98. The van der Waals surface area contributed by atoms with Crippen molar-refractivity contribution in [3.63, 3.8) is 0 Å². The molecule has 1 aliphatic heterocycles. The van der Waals surface area contributed by atoms with E-state index < -0.39 is 5.60 Å². The van der Waals surface area contributed by atoms with Gasteiger partial charge in [-0.25, -0.2) is 0 Å². The van der Waals surface area contributed by atoms with Crippen molar-refractivity contribution in [2.24, 2.45) is 0 Å². The van der Waals surface area contributed by atoms with E-state index in [4.69, 9.17) is 15.3 Å². The Morgan fingerprint density at radius 1 is 1.03 bits per heavy atom. The first-order valence-corrected chi connectivity index (χ1v) is 8.67. The van der Waals surface area contributed by atoms with Gasteiger partial charge in [0.15, 0.2) is 11.3 Å². The summed E-state index contributed by atoms with van der Waals surface area (Å²) in [5, 5.41) is 27.6. The SMILES string of the molecule is CC1(C)OC(=C(C#N)C#N)C(C#N)=C1C=CC=CC=CN(C=O)c1ccccc1. The van der Waals surface area contributed by atoms with E-state index in [9.17, 15) is 10.1 Å². The Hall–Kier alpha value is -4.34. The van der Waals surface area contributed by atoms with Gasteiger partial charge in [-0.15, -0.1) is 0 Å². The monoisotopic (exact) mass is 382 g/mol. The number of anilines is 1. The van der Waals surface area contributed by atoms with Crippen molar-refractivity contribution in [1.29, 1.82) is 15.8 Å². The molecule has 1 aromatic rings. The molecule has 0 bridgehead atoms. The maximum atomic E-state index is 11.2. The number of allylic oxidation sites excluding steroid dienone is 6. The first-order chi connectivity index (χ1) is 14.0. The zero-order chi connectivity index (χ0) is 21.3. The van der Waals surface area contributed by atoms with Crippen molar-refractivity contribution >= 4 is 12.1 Å². The van der Waals surface area contributed by atoms with E-state index in [-0.39, 0.29) is 16.9 Å². The van der Waals surface area contributed by atoms with Crippen molar-refractivity contribution < 1.29 is 9.53 Å². The van der Waals surface area contributed by atoms with Crippen LogP contribution in [-0.2, 0) is 9.53 Å². The van der Waals surface area contributed by atoms with Gasteiger partial charge in [0.25, 0.3) is 0 Å². The maximum Gasteiger partial charge on any atom is 0.218 e. The van der Waals surface area contributed by atoms with Gasteiger partial charge in [0.2, 0.25) is 6.41 Å². The first kappa shape index (κ1) is 21.0. The smallest absolute Gasteiger partial charge is 0.218 e. The van der Waals surface area contributed by atoms with E-state index in [1.165, 1.54) is 4.90 Å². The molecule has 6 heteroatoms. The molecule has 0 saturated carbocycles. The third-order valence-corrected chi connectivity index (χ3v) is 4.08. The molecule has 0 fully saturated rings. The zero-order valence-electron chi connectivity index (χ0n) is 16.0. The third kappa shape index (κ3) is 4.89. The zero-order valence-corrected chi connectivity index (χ0v) is 16.0. The number of hydrogen-bond acceptors (Lipinski definition) is 5. The number of hydrogen-bond donors (Lipinski definition) is 0. The van der Waals surface area contributed by atoms with Crippen LogP contribution >= 0.6 is 0 Å². The lowest BCUT2D eigenvalue weighted by atomic mass is 9.95. The quantitative estimate of drug-likeness (QED) is 0.417. The molecular weight excluding hydrogens is 364 g/mol. The van der Waals surface area contributed by atoms with Gasteiger partial charge in [-0.2, -0.15) is 15.8 Å². The Morgan fingerprint density at radius 2 is 1.69 bits per heavy atom. The summed E-state index contributed by atoms with van der Waals surface area (Å²) >= 11 is 0. The predicted molar refractivity (Wildman–Crippen MR) is 108 cm³/mol. The number of carbonyl (C=O) groups excluding carboxylic acids is 1. The molecule has 1 heterocycles. The van der Waals surface area contributed by atoms with Crippen molar-refractivity contribution in [3.8, 4) is 18.2 Å². The summed E-state index contributed by atoms with van der Waals surface area (Å²) in [6.07, 6.45) is 10.9. The molecule has 29 heavy (non-hydrogen) atoms. The normalized spacial score (nSPS) is 15.2. The molecule has 1 aromatic carbocycles. The van der Waals surface area contributed by atoms with Crippen LogP contribution < -0.4 is 4.90 Å². The number of nitriles is 3. The number of amides is 1. The largest absolute Gasteiger partial charge is 0.480 e. The molecule has 1 amide bonds. The standard InChI is InChI=1S/C23H18N4O2/c1-23(2)21(20(16-26)22(29-23)18(14-24)15-25)12-8-3-4-9-13-27(17-28)19-10-6-5-7-11-19/h3-13,17H,1-2H3. The van der Waals surface area contributed by atoms with Crippen molar-refractivity contribution in [2.75, 3.05) is 4.90 Å². The highest BCUT2D eigenvalue weighted by atomic mass is 16.5. The summed E-state index contributed by atoms with van der Waals surface area (Å²) in [7, 11) is 0. The maximum absolute atomic E-state index is 11.2. The Bertz CT molecular complexity index is 1040. The molecule has 0 spiro atoms. The Balaban J connectivity index is 2.20. The van der Waals surface area contributed by atoms with Crippen LogP contribution in [-0.4, -0.2) is 12.0 Å². The fraction of sp³-hybridized carbons (Fsp3) is 0.130. The van der Waals surface area contributed by atoms with Crippen LogP contribution in [0.3, 0.4) is 0 Å². The van der Waals surface area contributed by atoms with E-state index in [1.54, 1.807) is 62.6 Å². The highest BCUT2D eigenvalue weighted by molar-refractivity contribution is 5.77. The van der Waals surface area contributed by atoms with Gasteiger partial charge in [0.1, 0.15) is 29.4 Å². The molecule has 0 radical (unpaired) electrons. The molecule has 0 atom stereocenters. The highest BCUT2D eigenvalue weighted by Gasteiger charge is 2.38. The number of para-hydroxylation sites is 1. The molecule has 0 saturated heterocycles. The number of carbonyl (C=O) groups is 1. The molecule has 2 rings (SSSR count). The molecule has 0 aromatic heterocycles. The molecule has 6 nitrogen and oxygen atoms in total. The summed E-state index contributed by atoms with van der Waals surface area (Å²) in [4.78, 5) is 12.7. The second-order valence-electron chi connectivity index (χ2n) is 6.37. The lowest BCUT2D eigenvalue weighted by Gasteiger charge is -2.20. The third-order valence-electron chi connectivity index (χ3n) is 4.08. The Labute approximate surface area is 169 Å². The molecule has 1 aliphatic rings. The van der Waals surface area contributed by atoms with Crippen LogP contribution in [0.5, 0.6) is 0 Å². The minimum Gasteiger partial charge on any atom is -0.480 e. The van der Waals surface area contributed by atoms with E-state index in [0.717, 1.165) is 5.69 Å². The van der Waals surface area contributed by atoms with Gasteiger partial charge in [0.05, 0.1) is 0 Å². The van der Waals surface area contributed by atoms with E-state index in [0.29, 0.717) is 12.0 Å². The summed E-state index contributed by atoms with van der Waals surface area (Å²) in [5.74, 6) is 0.00973. The van der Waals surface area contributed by atoms with Gasteiger partial charge >= 0.3 is 0 Å². The Kier molecular flexibility index (Phi) is 6.91. The fourth-order valence-corrected chi connectivity index (χ4v) is 2.69. The lowest BCUT2D eigenvalue weighted by Crippen LogP contribution is -2.20. The van der Waals surface area contributed by atoms with Crippen molar-refractivity contribution in [2.45, 2.75) is 19.4 Å². The molecule has 0 unspecified atom stereocenters. The van der Waals surface area contributed by atoms with Crippen molar-refractivity contribution in [1.82, 2.24) is 0 Å². The number of benzene rings is 1. The van der Waals surface area contributed by atoms with Crippen molar-refractivity contribution in [3.05, 3.63) is 89.4 Å². The number of rotatable bonds is 6. The van der Waals surface area contributed by atoms with Crippen LogP contribution in [0.2, 0.25) is 0 Å². The van der Waals surface area contributed by atoms with Crippen LogP contribution in [0.15, 0.2) is 89.4 Å². The van der Waals surface area contributed by atoms with Gasteiger partial charge < -0.3 is 4.74 Å². The second kappa shape index (κ2) is 9.55. The van der Waals surface area contributed by atoms with Crippen LogP contribution in [0.25, 0.3) is 0 Å². The number of nitrogens with zero attached hydrogens (tertiary/aromatic N) is 4. The van der Waals surface area contributed by atoms with Crippen LogP contribution in [0, 0.1) is 34.0 Å². The van der Waals surface area contributed by atoms with Gasteiger partial charge in [0, 0.05) is 17.5 Å². The van der Waals surface area contributed by atoms with Crippen LogP contribution in [0.1, 0.15) is 13.8 Å².